The van der Waals surface area contributed by atoms with Crippen molar-refractivity contribution in [1.82, 2.24) is 5.32 Å². The Bertz CT molecular complexity index is 307. The van der Waals surface area contributed by atoms with Gasteiger partial charge in [-0.2, -0.15) is 0 Å². The van der Waals surface area contributed by atoms with E-state index in [1.165, 1.54) is 6.92 Å². The lowest BCUT2D eigenvalue weighted by Gasteiger charge is -2.11. The number of diazo groups is 1. The highest BCUT2D eigenvalue weighted by Crippen LogP contribution is 1.99. The van der Waals surface area contributed by atoms with E-state index in [1.54, 1.807) is 0 Å². The minimum absolute atomic E-state index is 0.0106. The lowest BCUT2D eigenvalue weighted by Crippen LogP contribution is -2.39. The number of amides is 1. The van der Waals surface area contributed by atoms with Crippen LogP contribution >= 0.6 is 0 Å². The molecule has 0 spiro atoms. The van der Waals surface area contributed by atoms with Crippen molar-refractivity contribution in [2.24, 2.45) is 0 Å². The van der Waals surface area contributed by atoms with Crippen molar-refractivity contribution in [3.63, 3.8) is 0 Å². The number of aliphatic carboxylic acids is 1. The standard InChI is InChI=1S/C8H11N3O4/c1-5(12)11-7(8(14)15)3-2-6(13)4-10-9/h7H,2-4H2,1H3,(H-,11,12,14,15)/p+1/t7-/m0/s1. The van der Waals surface area contributed by atoms with Gasteiger partial charge in [0.2, 0.25) is 17.1 Å². The van der Waals surface area contributed by atoms with Gasteiger partial charge < -0.3 is 10.4 Å². The third kappa shape index (κ3) is 6.15. The molecule has 2 N–H and O–H groups in total. The van der Waals surface area contributed by atoms with Gasteiger partial charge in [-0.15, -0.1) is 0 Å². The van der Waals surface area contributed by atoms with Crippen LogP contribution in [0.5, 0.6) is 0 Å². The van der Waals surface area contributed by atoms with E-state index < -0.39 is 17.9 Å². The van der Waals surface area contributed by atoms with E-state index in [9.17, 15) is 14.4 Å². The largest absolute Gasteiger partial charge is 0.480 e. The SMILES string of the molecule is CC(=O)N[C@@H](CCC(=O)C[N+]#N)C(=O)O. The van der Waals surface area contributed by atoms with Gasteiger partial charge >= 0.3 is 12.5 Å². The Morgan fingerprint density at radius 3 is 2.47 bits per heavy atom. The summed E-state index contributed by atoms with van der Waals surface area (Å²) in [6, 6.07) is -1.08. The van der Waals surface area contributed by atoms with Crippen LogP contribution in [0.2, 0.25) is 0 Å². The van der Waals surface area contributed by atoms with Crippen molar-refractivity contribution >= 4 is 17.7 Å². The second-order valence-corrected chi connectivity index (χ2v) is 2.97. The molecule has 0 fully saturated rings. The normalized spacial score (nSPS) is 11.2. The Morgan fingerprint density at radius 1 is 1.47 bits per heavy atom. The van der Waals surface area contributed by atoms with Crippen LogP contribution in [0.15, 0.2) is 0 Å². The molecule has 0 saturated carbocycles. The van der Waals surface area contributed by atoms with E-state index in [1.807, 2.05) is 0 Å². The van der Waals surface area contributed by atoms with Crippen LogP contribution in [-0.4, -0.2) is 35.4 Å². The van der Waals surface area contributed by atoms with Crippen molar-refractivity contribution in [2.75, 3.05) is 6.54 Å². The summed E-state index contributed by atoms with van der Waals surface area (Å²) in [5, 5.41) is 18.9. The molecule has 82 valence electrons. The number of Topliss-reactive ketones (excluding diaryl/α,β-unsaturated/α-hetero) is 1. The molecule has 0 saturated heterocycles. The lowest BCUT2D eigenvalue weighted by atomic mass is 10.1. The fourth-order valence-electron chi connectivity index (χ4n) is 0.966. The molecule has 0 unspecified atom stereocenters. The van der Waals surface area contributed by atoms with Crippen molar-refractivity contribution < 1.29 is 19.5 Å². The summed E-state index contributed by atoms with van der Waals surface area (Å²) >= 11 is 0. The molecular formula is C8H12N3O4+. The third-order valence-corrected chi connectivity index (χ3v) is 1.63. The second-order valence-electron chi connectivity index (χ2n) is 2.97. The number of nitrogens with zero attached hydrogens (tertiary/aromatic N) is 2. The Morgan fingerprint density at radius 2 is 2.07 bits per heavy atom. The molecule has 0 rings (SSSR count). The first-order valence-electron chi connectivity index (χ1n) is 4.29. The average Bonchev–Trinajstić information content (AvgIpc) is 2.11. The molecule has 0 aromatic rings. The summed E-state index contributed by atoms with van der Waals surface area (Å²) in [4.78, 5) is 34.7. The number of ketones is 1. The summed E-state index contributed by atoms with van der Waals surface area (Å²) in [5.41, 5.74) is 0. The average molecular weight is 214 g/mol. The molecule has 1 atom stereocenters. The van der Waals surface area contributed by atoms with E-state index in [2.05, 4.69) is 10.3 Å². The lowest BCUT2D eigenvalue weighted by molar-refractivity contribution is -0.141. The monoisotopic (exact) mass is 214 g/mol. The molecule has 7 heteroatoms. The van der Waals surface area contributed by atoms with Crippen LogP contribution in [0.1, 0.15) is 19.8 Å². The summed E-state index contributed by atoms with van der Waals surface area (Å²) in [6.45, 7) is 0.841. The zero-order valence-electron chi connectivity index (χ0n) is 8.27. The predicted octanol–water partition coefficient (Wildman–Crippen LogP) is -0.222. The van der Waals surface area contributed by atoms with E-state index in [0.29, 0.717) is 0 Å². The second kappa shape index (κ2) is 6.48. The molecule has 0 bridgehead atoms. The first kappa shape index (κ1) is 13.0. The van der Waals surface area contributed by atoms with E-state index in [-0.39, 0.29) is 25.2 Å². The highest BCUT2D eigenvalue weighted by molar-refractivity contribution is 5.84. The summed E-state index contributed by atoms with van der Waals surface area (Å²) in [6.07, 6.45) is -0.0649. The fraction of sp³-hybridized carbons (Fsp3) is 0.625. The van der Waals surface area contributed by atoms with Gasteiger partial charge in [-0.1, -0.05) is 0 Å². The highest BCUT2D eigenvalue weighted by atomic mass is 16.4. The molecule has 0 aliphatic heterocycles. The zero-order chi connectivity index (χ0) is 11.8. The molecule has 0 aliphatic rings. The van der Waals surface area contributed by atoms with Gasteiger partial charge in [0, 0.05) is 13.3 Å². The molecule has 0 aromatic carbocycles. The molecule has 0 radical (unpaired) electrons. The number of nitrogens with one attached hydrogen (secondary N) is 1. The van der Waals surface area contributed by atoms with Crippen molar-refractivity contribution in [3.05, 3.63) is 4.98 Å². The minimum atomic E-state index is -1.20. The highest BCUT2D eigenvalue weighted by Gasteiger charge is 2.20. The number of hydrogen-bond acceptors (Lipinski definition) is 4. The number of rotatable bonds is 6. The molecule has 7 nitrogen and oxygen atoms in total. The van der Waals surface area contributed by atoms with Crippen molar-refractivity contribution in [3.8, 4) is 0 Å². The number of hydrogen-bond donors (Lipinski definition) is 2. The van der Waals surface area contributed by atoms with E-state index in [4.69, 9.17) is 10.5 Å². The quantitative estimate of drug-likeness (QED) is 0.593. The number of carboxylic acids is 1. The molecule has 1 amide bonds. The first-order valence-corrected chi connectivity index (χ1v) is 4.29. The van der Waals surface area contributed by atoms with Crippen LogP contribution in [0.25, 0.3) is 4.98 Å². The van der Waals surface area contributed by atoms with Crippen LogP contribution < -0.4 is 5.32 Å². The predicted molar refractivity (Wildman–Crippen MR) is 49.4 cm³/mol. The maximum absolute atomic E-state index is 10.9. The van der Waals surface area contributed by atoms with Crippen LogP contribution in [0, 0.1) is 5.39 Å². The van der Waals surface area contributed by atoms with Crippen molar-refractivity contribution in [1.29, 1.82) is 5.39 Å². The van der Waals surface area contributed by atoms with E-state index in [0.717, 1.165) is 0 Å². The smallest absolute Gasteiger partial charge is 0.362 e. The Labute approximate surface area is 86.1 Å². The molecule has 0 aromatic heterocycles. The number of carbonyl (C=O) groups is 3. The molecule has 0 heterocycles. The van der Waals surface area contributed by atoms with Gasteiger partial charge in [-0.3, -0.25) is 9.59 Å². The molecule has 0 aliphatic carbocycles. The van der Waals surface area contributed by atoms with Gasteiger partial charge in [0.1, 0.15) is 11.0 Å². The Kier molecular flexibility index (Phi) is 5.63. The number of carbonyl (C=O) groups excluding carboxylic acids is 2. The van der Waals surface area contributed by atoms with Crippen LogP contribution in [0.3, 0.4) is 0 Å². The maximum atomic E-state index is 10.9. The first-order chi connectivity index (χ1) is 6.97. The topological polar surface area (TPSA) is 112 Å². The fourth-order valence-corrected chi connectivity index (χ4v) is 0.966. The van der Waals surface area contributed by atoms with Crippen LogP contribution in [0.4, 0.5) is 0 Å². The van der Waals surface area contributed by atoms with Gasteiger partial charge in [-0.05, 0) is 6.42 Å². The van der Waals surface area contributed by atoms with Gasteiger partial charge in [0.15, 0.2) is 0 Å². The molecule has 15 heavy (non-hydrogen) atoms. The maximum Gasteiger partial charge on any atom is 0.362 e. The summed E-state index contributed by atoms with van der Waals surface area (Å²) in [7, 11) is 0. The van der Waals surface area contributed by atoms with Gasteiger partial charge in [0.25, 0.3) is 0 Å². The van der Waals surface area contributed by atoms with E-state index >= 15 is 0 Å². The Balaban J connectivity index is 4.08. The summed E-state index contributed by atoms with van der Waals surface area (Å²) < 4.78 is 0. The number of carboxylic acid groups (broad SMARTS) is 1. The van der Waals surface area contributed by atoms with Gasteiger partial charge in [0.05, 0.1) is 0 Å². The van der Waals surface area contributed by atoms with Crippen molar-refractivity contribution in [2.45, 2.75) is 25.8 Å². The Hall–Kier alpha value is -1.97. The molecular weight excluding hydrogens is 202 g/mol. The minimum Gasteiger partial charge on any atom is -0.480 e. The van der Waals surface area contributed by atoms with Gasteiger partial charge in [-0.25, -0.2) is 4.79 Å². The third-order valence-electron chi connectivity index (χ3n) is 1.63. The van der Waals surface area contributed by atoms with Crippen LogP contribution in [-0.2, 0) is 14.4 Å². The summed E-state index contributed by atoms with van der Waals surface area (Å²) in [5.74, 6) is -2.05. The zero-order valence-corrected chi connectivity index (χ0v) is 8.27.